The van der Waals surface area contributed by atoms with E-state index < -0.39 is 5.97 Å². The summed E-state index contributed by atoms with van der Waals surface area (Å²) >= 11 is 0. The predicted molar refractivity (Wildman–Crippen MR) is 106 cm³/mol. The van der Waals surface area contributed by atoms with Gasteiger partial charge in [-0.05, 0) is 54.2 Å². The van der Waals surface area contributed by atoms with E-state index >= 15 is 0 Å². The Balaban J connectivity index is 1.60. The van der Waals surface area contributed by atoms with E-state index in [1.54, 1.807) is 0 Å². The molecule has 1 N–H and O–H groups in total. The van der Waals surface area contributed by atoms with Crippen molar-refractivity contribution in [2.45, 2.75) is 32.6 Å². The summed E-state index contributed by atoms with van der Waals surface area (Å²) in [4.78, 5) is 15.6. The first-order chi connectivity index (χ1) is 12.5. The maximum absolute atomic E-state index is 11.1. The van der Waals surface area contributed by atoms with Crippen LogP contribution in [0.2, 0.25) is 0 Å². The molecule has 0 aliphatic carbocycles. The third-order valence-electron chi connectivity index (χ3n) is 5.63. The standard InChI is InChI=1S/C22H26N2O2/c1-15(2)16-8-9-21-17(11-16)5-4-10-24(21)20-7-3-6-19(12-20)23-13-18(14-23)22(25)26/h3,6-9,11-12,15,18H,4-5,10,13-14H2,1-2H3,(H,25,26). The first-order valence-corrected chi connectivity index (χ1v) is 9.51. The predicted octanol–water partition coefficient (Wildman–Crippen LogP) is 4.42. The first-order valence-electron chi connectivity index (χ1n) is 9.51. The van der Waals surface area contributed by atoms with Crippen LogP contribution in [0.1, 0.15) is 37.3 Å². The summed E-state index contributed by atoms with van der Waals surface area (Å²) < 4.78 is 0. The molecule has 0 bridgehead atoms. The van der Waals surface area contributed by atoms with Gasteiger partial charge in [-0.2, -0.15) is 0 Å². The lowest BCUT2D eigenvalue weighted by Gasteiger charge is -2.39. The number of hydrogen-bond acceptors (Lipinski definition) is 3. The summed E-state index contributed by atoms with van der Waals surface area (Å²) in [7, 11) is 0. The van der Waals surface area contributed by atoms with Crippen molar-refractivity contribution in [1.82, 2.24) is 0 Å². The Morgan fingerprint density at radius 2 is 1.88 bits per heavy atom. The Hall–Kier alpha value is -2.49. The van der Waals surface area contributed by atoms with Gasteiger partial charge in [0, 0.05) is 36.7 Å². The number of fused-ring (bicyclic) bond motifs is 1. The van der Waals surface area contributed by atoms with Gasteiger partial charge < -0.3 is 14.9 Å². The second kappa shape index (κ2) is 6.67. The summed E-state index contributed by atoms with van der Waals surface area (Å²) in [6.45, 7) is 6.71. The molecule has 0 unspecified atom stereocenters. The van der Waals surface area contributed by atoms with Gasteiger partial charge in [0.2, 0.25) is 0 Å². The Labute approximate surface area is 155 Å². The highest BCUT2D eigenvalue weighted by Gasteiger charge is 2.32. The molecular formula is C22H26N2O2. The van der Waals surface area contributed by atoms with Gasteiger partial charge in [-0.3, -0.25) is 4.79 Å². The molecule has 1 fully saturated rings. The SMILES string of the molecule is CC(C)c1ccc2c(c1)CCCN2c1cccc(N2CC(C(=O)O)C2)c1. The Kier molecular flexibility index (Phi) is 4.35. The third-order valence-corrected chi connectivity index (χ3v) is 5.63. The molecule has 0 radical (unpaired) electrons. The number of carboxylic acids is 1. The van der Waals surface area contributed by atoms with Crippen LogP contribution in [0.4, 0.5) is 17.1 Å². The van der Waals surface area contributed by atoms with Crippen LogP contribution in [0, 0.1) is 5.92 Å². The fraction of sp³-hybridized carbons (Fsp3) is 0.409. The Morgan fingerprint density at radius 3 is 2.62 bits per heavy atom. The maximum Gasteiger partial charge on any atom is 0.310 e. The quantitative estimate of drug-likeness (QED) is 0.887. The number of rotatable bonds is 4. The summed E-state index contributed by atoms with van der Waals surface area (Å²) in [5.74, 6) is -0.375. The molecule has 2 heterocycles. The minimum absolute atomic E-state index is 0.233. The van der Waals surface area contributed by atoms with Crippen LogP contribution in [-0.2, 0) is 11.2 Å². The third kappa shape index (κ3) is 3.05. The highest BCUT2D eigenvalue weighted by Crippen LogP contribution is 2.37. The zero-order chi connectivity index (χ0) is 18.3. The van der Waals surface area contributed by atoms with Gasteiger partial charge in [0.15, 0.2) is 0 Å². The Morgan fingerprint density at radius 1 is 1.12 bits per heavy atom. The van der Waals surface area contributed by atoms with E-state index in [4.69, 9.17) is 5.11 Å². The van der Waals surface area contributed by atoms with Crippen molar-refractivity contribution in [3.63, 3.8) is 0 Å². The van der Waals surface area contributed by atoms with Crippen molar-refractivity contribution in [3.05, 3.63) is 53.6 Å². The monoisotopic (exact) mass is 350 g/mol. The number of carbonyl (C=O) groups is 1. The lowest BCUT2D eigenvalue weighted by atomic mass is 9.94. The van der Waals surface area contributed by atoms with Gasteiger partial charge in [0.25, 0.3) is 0 Å². The molecule has 26 heavy (non-hydrogen) atoms. The van der Waals surface area contributed by atoms with E-state index in [0.717, 1.165) is 25.1 Å². The molecule has 4 rings (SSSR count). The molecule has 2 aliphatic heterocycles. The van der Waals surface area contributed by atoms with Gasteiger partial charge in [-0.15, -0.1) is 0 Å². The summed E-state index contributed by atoms with van der Waals surface area (Å²) in [6.07, 6.45) is 2.29. The van der Waals surface area contributed by atoms with Gasteiger partial charge in [-0.1, -0.05) is 32.0 Å². The average molecular weight is 350 g/mol. The number of anilines is 3. The molecule has 136 valence electrons. The number of aryl methyl sites for hydroxylation is 1. The number of aliphatic carboxylic acids is 1. The molecule has 0 amide bonds. The minimum atomic E-state index is -0.691. The summed E-state index contributed by atoms with van der Waals surface area (Å²) in [5, 5.41) is 9.09. The van der Waals surface area contributed by atoms with Gasteiger partial charge in [0.05, 0.1) is 5.92 Å². The zero-order valence-corrected chi connectivity index (χ0v) is 15.5. The molecule has 0 atom stereocenters. The van der Waals surface area contributed by atoms with Crippen molar-refractivity contribution < 1.29 is 9.90 Å². The maximum atomic E-state index is 11.1. The van der Waals surface area contributed by atoms with Gasteiger partial charge >= 0.3 is 5.97 Å². The average Bonchev–Trinajstić information content (AvgIpc) is 2.59. The van der Waals surface area contributed by atoms with E-state index in [9.17, 15) is 4.79 Å². The van der Waals surface area contributed by atoms with Crippen LogP contribution in [0.3, 0.4) is 0 Å². The molecule has 0 aromatic heterocycles. The normalized spacial score (nSPS) is 17.2. The van der Waals surface area contributed by atoms with Crippen molar-refractivity contribution in [1.29, 1.82) is 0 Å². The van der Waals surface area contributed by atoms with E-state index in [2.05, 4.69) is 66.1 Å². The van der Waals surface area contributed by atoms with Crippen LogP contribution in [-0.4, -0.2) is 30.7 Å². The molecule has 0 saturated carbocycles. The number of carboxylic acid groups (broad SMARTS) is 1. The smallest absolute Gasteiger partial charge is 0.310 e. The molecule has 4 nitrogen and oxygen atoms in total. The number of benzene rings is 2. The molecule has 2 aromatic rings. The van der Waals surface area contributed by atoms with Crippen molar-refractivity contribution in [3.8, 4) is 0 Å². The van der Waals surface area contributed by atoms with E-state index in [1.165, 1.54) is 22.5 Å². The van der Waals surface area contributed by atoms with Crippen LogP contribution >= 0.6 is 0 Å². The lowest BCUT2D eigenvalue weighted by molar-refractivity contribution is -0.142. The topological polar surface area (TPSA) is 43.8 Å². The molecular weight excluding hydrogens is 324 g/mol. The second-order valence-electron chi connectivity index (χ2n) is 7.76. The molecule has 1 saturated heterocycles. The van der Waals surface area contributed by atoms with Crippen LogP contribution < -0.4 is 9.80 Å². The molecule has 2 aliphatic rings. The minimum Gasteiger partial charge on any atom is -0.481 e. The van der Waals surface area contributed by atoms with E-state index in [0.29, 0.717) is 19.0 Å². The molecule has 4 heteroatoms. The van der Waals surface area contributed by atoms with Crippen molar-refractivity contribution in [2.75, 3.05) is 29.4 Å². The second-order valence-corrected chi connectivity index (χ2v) is 7.76. The number of hydrogen-bond donors (Lipinski definition) is 1. The fourth-order valence-electron chi connectivity index (χ4n) is 3.95. The number of nitrogens with zero attached hydrogens (tertiary/aromatic N) is 2. The fourth-order valence-corrected chi connectivity index (χ4v) is 3.95. The van der Waals surface area contributed by atoms with Crippen molar-refractivity contribution in [2.24, 2.45) is 5.92 Å². The van der Waals surface area contributed by atoms with Crippen LogP contribution in [0.25, 0.3) is 0 Å². The highest BCUT2D eigenvalue weighted by molar-refractivity contribution is 5.76. The summed E-state index contributed by atoms with van der Waals surface area (Å²) in [6, 6.07) is 15.4. The van der Waals surface area contributed by atoms with E-state index in [-0.39, 0.29) is 5.92 Å². The highest BCUT2D eigenvalue weighted by atomic mass is 16.4. The van der Waals surface area contributed by atoms with Crippen LogP contribution in [0.5, 0.6) is 0 Å². The zero-order valence-electron chi connectivity index (χ0n) is 15.5. The Bertz CT molecular complexity index is 825. The first kappa shape index (κ1) is 17.0. The molecule has 2 aromatic carbocycles. The van der Waals surface area contributed by atoms with Gasteiger partial charge in [-0.25, -0.2) is 0 Å². The lowest BCUT2D eigenvalue weighted by Crippen LogP contribution is -2.50. The van der Waals surface area contributed by atoms with Crippen molar-refractivity contribution >= 4 is 23.0 Å². The molecule has 0 spiro atoms. The van der Waals surface area contributed by atoms with E-state index in [1.807, 2.05) is 0 Å². The van der Waals surface area contributed by atoms with Gasteiger partial charge in [0.1, 0.15) is 0 Å². The summed E-state index contributed by atoms with van der Waals surface area (Å²) in [5.41, 5.74) is 6.46. The largest absolute Gasteiger partial charge is 0.481 e. The van der Waals surface area contributed by atoms with Crippen LogP contribution in [0.15, 0.2) is 42.5 Å².